The predicted octanol–water partition coefficient (Wildman–Crippen LogP) is 1.75. The number of nitrogens with zero attached hydrogens (tertiary/aromatic N) is 1. The average molecular weight is 249 g/mol. The number of halogens is 1. The molecule has 0 radical (unpaired) electrons. The van der Waals surface area contributed by atoms with Crippen LogP contribution in [0.4, 0.5) is 9.18 Å². The van der Waals surface area contributed by atoms with E-state index < -0.39 is 30.4 Å². The van der Waals surface area contributed by atoms with Crippen molar-refractivity contribution in [2.75, 3.05) is 20.3 Å². The van der Waals surface area contributed by atoms with Crippen molar-refractivity contribution < 1.29 is 23.5 Å². The fourth-order valence-electron chi connectivity index (χ4n) is 1.15. The molecule has 0 saturated heterocycles. The molecule has 6 heteroatoms. The first-order valence-corrected chi connectivity index (χ1v) is 5.36. The van der Waals surface area contributed by atoms with E-state index in [9.17, 15) is 14.0 Å². The van der Waals surface area contributed by atoms with Gasteiger partial charge in [0.25, 0.3) is 0 Å². The van der Waals surface area contributed by atoms with Crippen molar-refractivity contribution in [1.82, 2.24) is 4.90 Å². The van der Waals surface area contributed by atoms with Gasteiger partial charge in [0.05, 0.1) is 13.7 Å². The molecule has 0 saturated carbocycles. The largest absolute Gasteiger partial charge is 0.467 e. The summed E-state index contributed by atoms with van der Waals surface area (Å²) in [7, 11) is 1.21. The second-order valence-electron chi connectivity index (χ2n) is 4.56. The molecule has 0 aliphatic carbocycles. The molecule has 0 heterocycles. The molecule has 0 rings (SSSR count). The first-order valence-electron chi connectivity index (χ1n) is 5.36. The van der Waals surface area contributed by atoms with E-state index in [0.29, 0.717) is 0 Å². The molecular formula is C11H20FNO4. The van der Waals surface area contributed by atoms with Crippen LogP contribution in [0.1, 0.15) is 27.7 Å². The second kappa shape index (κ2) is 6.42. The number of ether oxygens (including phenoxy) is 2. The highest BCUT2D eigenvalue weighted by Crippen LogP contribution is 2.12. The molecule has 5 nitrogen and oxygen atoms in total. The summed E-state index contributed by atoms with van der Waals surface area (Å²) in [6.45, 7) is 5.60. The van der Waals surface area contributed by atoms with Gasteiger partial charge in [-0.3, -0.25) is 4.90 Å². The Morgan fingerprint density at radius 1 is 1.35 bits per heavy atom. The number of esters is 1. The summed E-state index contributed by atoms with van der Waals surface area (Å²) in [6.07, 6.45) is -0.729. The van der Waals surface area contributed by atoms with Gasteiger partial charge >= 0.3 is 12.1 Å². The number of amides is 1. The lowest BCUT2D eigenvalue weighted by Gasteiger charge is -2.29. The van der Waals surface area contributed by atoms with Gasteiger partial charge in [0.15, 0.2) is 0 Å². The van der Waals surface area contributed by atoms with Gasteiger partial charge < -0.3 is 9.47 Å². The second-order valence-corrected chi connectivity index (χ2v) is 4.56. The Bertz CT molecular complexity index is 275. The minimum absolute atomic E-state index is 0.203. The molecule has 0 aromatic rings. The van der Waals surface area contributed by atoms with Crippen LogP contribution in [-0.2, 0) is 14.3 Å². The molecule has 0 aliphatic rings. The van der Waals surface area contributed by atoms with Crippen molar-refractivity contribution in [1.29, 1.82) is 0 Å². The highest BCUT2D eigenvalue weighted by Gasteiger charge is 2.30. The van der Waals surface area contributed by atoms with E-state index in [1.54, 1.807) is 20.8 Å². The molecular weight excluding hydrogens is 229 g/mol. The zero-order valence-corrected chi connectivity index (χ0v) is 10.9. The van der Waals surface area contributed by atoms with E-state index in [1.165, 1.54) is 14.0 Å². The number of hydrogen-bond donors (Lipinski definition) is 0. The van der Waals surface area contributed by atoms with E-state index in [1.807, 2.05) is 0 Å². The smallest absolute Gasteiger partial charge is 0.411 e. The molecule has 0 aliphatic heterocycles. The zero-order valence-electron chi connectivity index (χ0n) is 10.9. The summed E-state index contributed by atoms with van der Waals surface area (Å²) in [6, 6.07) is -0.870. The van der Waals surface area contributed by atoms with Crippen LogP contribution in [0.3, 0.4) is 0 Å². The zero-order chi connectivity index (χ0) is 13.6. The Morgan fingerprint density at radius 2 is 1.88 bits per heavy atom. The molecule has 0 fully saturated rings. The fourth-order valence-corrected chi connectivity index (χ4v) is 1.15. The van der Waals surface area contributed by atoms with Crippen molar-refractivity contribution in [2.24, 2.45) is 0 Å². The van der Waals surface area contributed by atoms with Crippen LogP contribution in [0.5, 0.6) is 0 Å². The van der Waals surface area contributed by atoms with Crippen LogP contribution < -0.4 is 0 Å². The molecule has 1 unspecified atom stereocenters. The third kappa shape index (κ3) is 5.51. The first-order chi connectivity index (χ1) is 7.72. The SMILES string of the molecule is COC(=O)C(C)N(CCF)C(=O)OC(C)(C)C. The van der Waals surface area contributed by atoms with Gasteiger partial charge in [0.2, 0.25) is 0 Å². The molecule has 0 aromatic carbocycles. The quantitative estimate of drug-likeness (QED) is 0.712. The maximum atomic E-state index is 12.4. The van der Waals surface area contributed by atoms with Gasteiger partial charge in [-0.25, -0.2) is 14.0 Å². The van der Waals surface area contributed by atoms with E-state index in [-0.39, 0.29) is 6.54 Å². The van der Waals surface area contributed by atoms with Gasteiger partial charge in [0, 0.05) is 0 Å². The Hall–Kier alpha value is -1.33. The van der Waals surface area contributed by atoms with Gasteiger partial charge in [-0.15, -0.1) is 0 Å². The minimum atomic E-state index is -0.870. The van der Waals surface area contributed by atoms with E-state index in [0.717, 1.165) is 4.90 Å². The maximum Gasteiger partial charge on any atom is 0.411 e. The molecule has 0 aromatic heterocycles. The number of alkyl halides is 1. The summed E-state index contributed by atoms with van der Waals surface area (Å²) in [4.78, 5) is 24.1. The van der Waals surface area contributed by atoms with Gasteiger partial charge in [-0.05, 0) is 27.7 Å². The van der Waals surface area contributed by atoms with Crippen molar-refractivity contribution in [2.45, 2.75) is 39.3 Å². The molecule has 0 N–H and O–H groups in total. The topological polar surface area (TPSA) is 55.8 Å². The van der Waals surface area contributed by atoms with Crippen LogP contribution >= 0.6 is 0 Å². The van der Waals surface area contributed by atoms with E-state index in [4.69, 9.17) is 4.74 Å². The Kier molecular flexibility index (Phi) is 5.91. The predicted molar refractivity (Wildman–Crippen MR) is 60.4 cm³/mol. The van der Waals surface area contributed by atoms with Crippen LogP contribution in [0.15, 0.2) is 0 Å². The summed E-state index contributed by atoms with van der Waals surface area (Å²) < 4.78 is 22.0. The third-order valence-electron chi connectivity index (χ3n) is 1.96. The van der Waals surface area contributed by atoms with Crippen molar-refractivity contribution >= 4 is 12.1 Å². The Morgan fingerprint density at radius 3 is 2.24 bits per heavy atom. The van der Waals surface area contributed by atoms with E-state index >= 15 is 0 Å². The van der Waals surface area contributed by atoms with E-state index in [2.05, 4.69) is 4.74 Å². The number of carbonyl (C=O) groups excluding carboxylic acids is 2. The standard InChI is InChI=1S/C11H20FNO4/c1-8(9(14)16-5)13(7-6-12)10(15)17-11(2,3)4/h8H,6-7H2,1-5H3. The first kappa shape index (κ1) is 15.7. The third-order valence-corrected chi connectivity index (χ3v) is 1.96. The molecule has 17 heavy (non-hydrogen) atoms. The lowest BCUT2D eigenvalue weighted by molar-refractivity contribution is -0.146. The Balaban J connectivity index is 4.72. The van der Waals surface area contributed by atoms with Gasteiger partial charge in [-0.1, -0.05) is 0 Å². The number of rotatable bonds is 4. The highest BCUT2D eigenvalue weighted by molar-refractivity contribution is 5.81. The minimum Gasteiger partial charge on any atom is -0.467 e. The van der Waals surface area contributed by atoms with Gasteiger partial charge in [0.1, 0.15) is 18.3 Å². The molecule has 0 spiro atoms. The molecule has 1 amide bonds. The maximum absolute atomic E-state index is 12.4. The van der Waals surface area contributed by atoms with Crippen LogP contribution in [-0.4, -0.2) is 48.9 Å². The molecule has 100 valence electrons. The normalized spacial score (nSPS) is 12.8. The lowest BCUT2D eigenvalue weighted by Crippen LogP contribution is -2.47. The highest BCUT2D eigenvalue weighted by atomic mass is 19.1. The average Bonchev–Trinajstić information content (AvgIpc) is 2.21. The van der Waals surface area contributed by atoms with Crippen LogP contribution in [0.25, 0.3) is 0 Å². The molecule has 0 bridgehead atoms. The number of carbonyl (C=O) groups is 2. The van der Waals surface area contributed by atoms with Crippen LogP contribution in [0.2, 0.25) is 0 Å². The number of hydrogen-bond acceptors (Lipinski definition) is 4. The Labute approximate surface area is 101 Å². The fraction of sp³-hybridized carbons (Fsp3) is 0.818. The summed E-state index contributed by atoms with van der Waals surface area (Å²) in [5.74, 6) is -0.607. The summed E-state index contributed by atoms with van der Waals surface area (Å²) >= 11 is 0. The van der Waals surface area contributed by atoms with Gasteiger partial charge in [-0.2, -0.15) is 0 Å². The monoisotopic (exact) mass is 249 g/mol. The van der Waals surface area contributed by atoms with Crippen molar-refractivity contribution in [3.8, 4) is 0 Å². The van der Waals surface area contributed by atoms with Crippen molar-refractivity contribution in [3.05, 3.63) is 0 Å². The number of methoxy groups -OCH3 is 1. The summed E-state index contributed by atoms with van der Waals surface area (Å²) in [5, 5.41) is 0. The summed E-state index contributed by atoms with van der Waals surface area (Å²) in [5.41, 5.74) is -0.693. The van der Waals surface area contributed by atoms with Crippen LogP contribution in [0, 0.1) is 0 Å². The lowest BCUT2D eigenvalue weighted by atomic mass is 10.2. The molecule has 1 atom stereocenters. The van der Waals surface area contributed by atoms with Crippen molar-refractivity contribution in [3.63, 3.8) is 0 Å².